The smallest absolute Gasteiger partial charge is 0.338 e. The molecule has 0 heterocycles. The van der Waals surface area contributed by atoms with Crippen molar-refractivity contribution in [3.05, 3.63) is 71.8 Å². The number of anilines is 1. The van der Waals surface area contributed by atoms with Crippen molar-refractivity contribution < 1.29 is 17.9 Å². The Hall–Kier alpha value is -2.82. The zero-order valence-corrected chi connectivity index (χ0v) is 16.6. The molecule has 0 aliphatic rings. The highest BCUT2D eigenvalue weighted by molar-refractivity contribution is 7.92. The molecule has 0 atom stereocenters. The van der Waals surface area contributed by atoms with Crippen LogP contribution in [0.3, 0.4) is 0 Å². The number of carbonyl (C=O) groups is 1. The molecule has 0 bridgehead atoms. The lowest BCUT2D eigenvalue weighted by Crippen LogP contribution is -2.31. The third-order valence-electron chi connectivity index (χ3n) is 3.74. The van der Waals surface area contributed by atoms with Crippen LogP contribution in [0.15, 0.2) is 66.1 Å². The number of hydrogen-bond donors (Lipinski definition) is 0. The average Bonchev–Trinajstić information content (AvgIpc) is 2.70. The predicted molar refractivity (Wildman–Crippen MR) is 108 cm³/mol. The number of sulfonamides is 1. The summed E-state index contributed by atoms with van der Waals surface area (Å²) in [5.74, 6) is -0.650. The van der Waals surface area contributed by atoms with Crippen LogP contribution >= 0.6 is 11.6 Å². The molecule has 2 aromatic rings. The van der Waals surface area contributed by atoms with E-state index in [1.807, 2.05) is 6.07 Å². The highest BCUT2D eigenvalue weighted by Gasteiger charge is 2.26. The highest BCUT2D eigenvalue weighted by Crippen LogP contribution is 2.30. The highest BCUT2D eigenvalue weighted by atomic mass is 35.5. The number of esters is 1. The van der Waals surface area contributed by atoms with E-state index in [0.29, 0.717) is 12.1 Å². The van der Waals surface area contributed by atoms with Crippen molar-refractivity contribution in [1.82, 2.24) is 0 Å². The second-order valence-electron chi connectivity index (χ2n) is 5.70. The molecule has 146 valence electrons. The monoisotopic (exact) mass is 418 g/mol. The fourth-order valence-corrected chi connectivity index (χ4v) is 4.20. The van der Waals surface area contributed by atoms with Gasteiger partial charge in [-0.05, 0) is 36.8 Å². The lowest BCUT2D eigenvalue weighted by atomic mass is 10.2. The third kappa shape index (κ3) is 5.12. The molecule has 0 unspecified atom stereocenters. The first-order chi connectivity index (χ1) is 13.4. The molecule has 0 aromatic heterocycles. The maximum atomic E-state index is 13.2. The van der Waals surface area contributed by atoms with Crippen LogP contribution in [0.2, 0.25) is 5.02 Å². The first-order valence-corrected chi connectivity index (χ1v) is 10.3. The lowest BCUT2D eigenvalue weighted by molar-refractivity contribution is 0.0501. The van der Waals surface area contributed by atoms with E-state index in [1.54, 1.807) is 24.3 Å². The zero-order chi connectivity index (χ0) is 20.6. The Morgan fingerprint density at radius 1 is 1.25 bits per heavy atom. The summed E-state index contributed by atoms with van der Waals surface area (Å²) in [7, 11) is -4.00. The SMILES string of the molecule is C=CCN(c1ccccc1Cl)S(=O)(=O)c1cccc(C(=O)OCCCC#N)c1. The Labute approximate surface area is 169 Å². The van der Waals surface area contributed by atoms with Crippen LogP contribution in [0.1, 0.15) is 23.2 Å². The van der Waals surface area contributed by atoms with Gasteiger partial charge in [0, 0.05) is 6.42 Å². The largest absolute Gasteiger partial charge is 0.462 e. The number of unbranched alkanes of at least 4 members (excludes halogenated alkanes) is 1. The van der Waals surface area contributed by atoms with Gasteiger partial charge in [-0.25, -0.2) is 13.2 Å². The molecular formula is C20H19ClN2O4S. The van der Waals surface area contributed by atoms with Crippen molar-refractivity contribution >= 4 is 33.3 Å². The van der Waals surface area contributed by atoms with Gasteiger partial charge in [-0.1, -0.05) is 35.9 Å². The second-order valence-corrected chi connectivity index (χ2v) is 7.97. The van der Waals surface area contributed by atoms with Crippen LogP contribution in [0.4, 0.5) is 5.69 Å². The first-order valence-electron chi connectivity index (χ1n) is 8.44. The van der Waals surface area contributed by atoms with E-state index in [2.05, 4.69) is 6.58 Å². The molecule has 0 saturated heterocycles. The first kappa shape index (κ1) is 21.5. The topological polar surface area (TPSA) is 87.5 Å². The van der Waals surface area contributed by atoms with Crippen molar-refractivity contribution in [2.75, 3.05) is 17.5 Å². The van der Waals surface area contributed by atoms with Gasteiger partial charge < -0.3 is 4.74 Å². The summed E-state index contributed by atoms with van der Waals surface area (Å²) >= 11 is 6.18. The Balaban J connectivity index is 2.34. The van der Waals surface area contributed by atoms with Crippen LogP contribution in [0, 0.1) is 11.3 Å². The van der Waals surface area contributed by atoms with Gasteiger partial charge in [0.1, 0.15) is 0 Å². The molecule has 8 heteroatoms. The molecule has 0 aliphatic heterocycles. The normalized spacial score (nSPS) is 10.7. The molecule has 0 spiro atoms. The number of benzene rings is 2. The van der Waals surface area contributed by atoms with Gasteiger partial charge in [-0.15, -0.1) is 6.58 Å². The van der Waals surface area contributed by atoms with E-state index in [4.69, 9.17) is 21.6 Å². The third-order valence-corrected chi connectivity index (χ3v) is 5.84. The second kappa shape index (κ2) is 9.93. The Kier molecular flexibility index (Phi) is 7.61. The minimum Gasteiger partial charge on any atom is -0.462 e. The van der Waals surface area contributed by atoms with E-state index in [9.17, 15) is 13.2 Å². The van der Waals surface area contributed by atoms with Gasteiger partial charge >= 0.3 is 5.97 Å². The molecule has 0 amide bonds. The maximum absolute atomic E-state index is 13.2. The molecule has 6 nitrogen and oxygen atoms in total. The Bertz CT molecular complexity index is 999. The van der Waals surface area contributed by atoms with E-state index >= 15 is 0 Å². The molecule has 0 saturated carbocycles. The number of hydrogen-bond acceptors (Lipinski definition) is 5. The van der Waals surface area contributed by atoms with Crippen LogP contribution < -0.4 is 4.31 Å². The summed E-state index contributed by atoms with van der Waals surface area (Å²) in [5, 5.41) is 8.78. The minimum absolute atomic E-state index is 0.00883. The number of halogens is 1. The van der Waals surface area contributed by atoms with Crippen molar-refractivity contribution in [3.63, 3.8) is 0 Å². The molecule has 0 N–H and O–H groups in total. The fourth-order valence-electron chi connectivity index (χ4n) is 2.41. The molecule has 2 aromatic carbocycles. The van der Waals surface area contributed by atoms with Crippen LogP contribution in [0.5, 0.6) is 0 Å². The van der Waals surface area contributed by atoms with Crippen molar-refractivity contribution in [3.8, 4) is 6.07 Å². The van der Waals surface area contributed by atoms with E-state index < -0.39 is 16.0 Å². The number of nitrogens with zero attached hydrogens (tertiary/aromatic N) is 2. The van der Waals surface area contributed by atoms with E-state index in [0.717, 1.165) is 4.31 Å². The van der Waals surface area contributed by atoms with Crippen molar-refractivity contribution in [2.24, 2.45) is 0 Å². The Morgan fingerprint density at radius 3 is 2.68 bits per heavy atom. The summed E-state index contributed by atoms with van der Waals surface area (Å²) in [6.07, 6.45) is 2.14. The number of rotatable bonds is 9. The summed E-state index contributed by atoms with van der Waals surface area (Å²) in [4.78, 5) is 12.1. The molecular weight excluding hydrogens is 400 g/mol. The predicted octanol–water partition coefficient (Wildman–Crippen LogP) is 4.18. The van der Waals surface area contributed by atoms with Crippen molar-refractivity contribution in [2.45, 2.75) is 17.7 Å². The van der Waals surface area contributed by atoms with Crippen molar-refractivity contribution in [1.29, 1.82) is 5.26 Å². The van der Waals surface area contributed by atoms with E-state index in [-0.39, 0.29) is 35.1 Å². The molecule has 28 heavy (non-hydrogen) atoms. The van der Waals surface area contributed by atoms with Gasteiger partial charge in [0.05, 0.1) is 40.4 Å². The average molecular weight is 419 g/mol. The summed E-state index contributed by atoms with van der Waals surface area (Å²) in [6, 6.07) is 14.1. The van der Waals surface area contributed by atoms with Gasteiger partial charge in [0.25, 0.3) is 10.0 Å². The maximum Gasteiger partial charge on any atom is 0.338 e. The van der Waals surface area contributed by atoms with Gasteiger partial charge in [0.2, 0.25) is 0 Å². The number of carbonyl (C=O) groups excluding carboxylic acids is 1. The zero-order valence-electron chi connectivity index (χ0n) is 15.0. The summed E-state index contributed by atoms with van der Waals surface area (Å²) in [6.45, 7) is 3.71. The lowest BCUT2D eigenvalue weighted by Gasteiger charge is -2.24. The summed E-state index contributed by atoms with van der Waals surface area (Å²) in [5.41, 5.74) is 0.421. The molecule has 0 fully saturated rings. The van der Waals surface area contributed by atoms with Crippen LogP contribution in [-0.2, 0) is 14.8 Å². The summed E-state index contributed by atoms with van der Waals surface area (Å²) < 4.78 is 32.6. The fraction of sp³-hybridized carbons (Fsp3) is 0.200. The van der Waals surface area contributed by atoms with Gasteiger partial charge in [-0.2, -0.15) is 5.26 Å². The standard InChI is InChI=1S/C20H19ClN2O4S/c1-2-13-23(19-11-4-3-10-18(19)21)28(25,26)17-9-7-8-16(15-17)20(24)27-14-6-5-12-22/h2-4,7-11,15H,1,5-6,13-14H2. The number of para-hydroxylation sites is 1. The van der Waals surface area contributed by atoms with Crippen LogP contribution in [0.25, 0.3) is 0 Å². The molecule has 0 aliphatic carbocycles. The quantitative estimate of drug-likeness (QED) is 0.346. The minimum atomic E-state index is -4.00. The number of ether oxygens (including phenoxy) is 1. The van der Waals surface area contributed by atoms with Crippen LogP contribution in [-0.4, -0.2) is 27.5 Å². The molecule has 2 rings (SSSR count). The number of nitriles is 1. The van der Waals surface area contributed by atoms with Gasteiger partial charge in [-0.3, -0.25) is 4.31 Å². The molecule has 0 radical (unpaired) electrons. The van der Waals surface area contributed by atoms with E-state index in [1.165, 1.54) is 30.3 Å². The Morgan fingerprint density at radius 2 is 2.00 bits per heavy atom. The van der Waals surface area contributed by atoms with Gasteiger partial charge in [0.15, 0.2) is 0 Å².